The van der Waals surface area contributed by atoms with Crippen LogP contribution in [0.2, 0.25) is 0 Å². The number of nitrogen functional groups attached to an aromatic ring is 1. The Morgan fingerprint density at radius 1 is 1.42 bits per heavy atom. The molecule has 0 amide bonds. The maximum Gasteiger partial charge on any atom is 0.449 e. The molecule has 66 valence electrons. The molecule has 3 nitrogen and oxygen atoms in total. The minimum absolute atomic E-state index is 0.276. The second-order valence-electron chi connectivity index (χ2n) is 2.08. The standard InChI is InChI=1S/C6H5F3N2O/c7-6(8,9)4-2-1-3(12-4)5(10)11/h1-2H,(H3,10,11). The third kappa shape index (κ3) is 1.58. The molecule has 1 aromatic heterocycles. The van der Waals surface area contributed by atoms with E-state index in [-0.39, 0.29) is 5.76 Å². The molecular formula is C6H5F3N2O. The van der Waals surface area contributed by atoms with E-state index >= 15 is 0 Å². The predicted molar refractivity (Wildman–Crippen MR) is 34.7 cm³/mol. The zero-order valence-corrected chi connectivity index (χ0v) is 5.77. The van der Waals surface area contributed by atoms with Gasteiger partial charge < -0.3 is 10.2 Å². The Kier molecular flexibility index (Phi) is 1.83. The Morgan fingerprint density at radius 3 is 2.25 bits per heavy atom. The van der Waals surface area contributed by atoms with E-state index in [0.29, 0.717) is 0 Å². The summed E-state index contributed by atoms with van der Waals surface area (Å²) in [6.45, 7) is 0. The number of alkyl halides is 3. The number of amidine groups is 1. The highest BCUT2D eigenvalue weighted by molar-refractivity contribution is 5.92. The van der Waals surface area contributed by atoms with Crippen LogP contribution in [0.1, 0.15) is 11.5 Å². The molecule has 0 aliphatic carbocycles. The summed E-state index contributed by atoms with van der Waals surface area (Å²) in [5.41, 5.74) is 4.89. The first-order valence-corrected chi connectivity index (χ1v) is 2.92. The van der Waals surface area contributed by atoms with E-state index in [0.717, 1.165) is 12.1 Å². The monoisotopic (exact) mass is 178 g/mol. The Hall–Kier alpha value is -1.46. The molecule has 0 spiro atoms. The predicted octanol–water partition coefficient (Wildman–Crippen LogP) is 1.58. The molecule has 12 heavy (non-hydrogen) atoms. The summed E-state index contributed by atoms with van der Waals surface area (Å²) in [5.74, 6) is -1.94. The molecule has 1 rings (SSSR count). The first kappa shape index (κ1) is 8.63. The molecule has 0 saturated heterocycles. The van der Waals surface area contributed by atoms with Crippen molar-refractivity contribution in [3.8, 4) is 0 Å². The molecule has 0 radical (unpaired) electrons. The van der Waals surface area contributed by atoms with Gasteiger partial charge in [-0.05, 0) is 12.1 Å². The molecule has 6 heteroatoms. The zero-order chi connectivity index (χ0) is 9.35. The largest absolute Gasteiger partial charge is 0.449 e. The van der Waals surface area contributed by atoms with Crippen molar-refractivity contribution >= 4 is 5.84 Å². The minimum Gasteiger partial charge on any atom is -0.448 e. The fourth-order valence-electron chi connectivity index (χ4n) is 0.635. The van der Waals surface area contributed by atoms with Crippen LogP contribution in [-0.2, 0) is 6.18 Å². The number of hydrogen-bond donors (Lipinski definition) is 2. The third-order valence-corrected chi connectivity index (χ3v) is 1.15. The molecule has 0 bridgehead atoms. The second-order valence-corrected chi connectivity index (χ2v) is 2.08. The first-order valence-electron chi connectivity index (χ1n) is 2.92. The normalized spacial score (nSPS) is 11.6. The highest BCUT2D eigenvalue weighted by atomic mass is 19.4. The quantitative estimate of drug-likeness (QED) is 0.506. The van der Waals surface area contributed by atoms with Gasteiger partial charge in [0, 0.05) is 0 Å². The number of nitrogens with one attached hydrogen (secondary N) is 1. The summed E-state index contributed by atoms with van der Waals surface area (Å²) >= 11 is 0. The van der Waals surface area contributed by atoms with Crippen molar-refractivity contribution in [1.29, 1.82) is 5.41 Å². The van der Waals surface area contributed by atoms with Crippen LogP contribution < -0.4 is 5.73 Å². The summed E-state index contributed by atoms with van der Waals surface area (Å²) in [7, 11) is 0. The topological polar surface area (TPSA) is 63.0 Å². The number of halogens is 3. The summed E-state index contributed by atoms with van der Waals surface area (Å²) in [6.07, 6.45) is -4.52. The Morgan fingerprint density at radius 2 is 2.00 bits per heavy atom. The Labute approximate surface area is 65.5 Å². The maximum atomic E-state index is 11.9. The van der Waals surface area contributed by atoms with Gasteiger partial charge in [-0.1, -0.05) is 0 Å². The van der Waals surface area contributed by atoms with Gasteiger partial charge >= 0.3 is 6.18 Å². The van der Waals surface area contributed by atoms with Crippen LogP contribution in [0.4, 0.5) is 13.2 Å². The van der Waals surface area contributed by atoms with Crippen molar-refractivity contribution in [1.82, 2.24) is 0 Å². The molecule has 0 fully saturated rings. The lowest BCUT2D eigenvalue weighted by molar-refractivity contribution is -0.153. The van der Waals surface area contributed by atoms with Gasteiger partial charge in [0.1, 0.15) is 0 Å². The lowest BCUT2D eigenvalue weighted by atomic mass is 10.4. The summed E-state index contributed by atoms with van der Waals surface area (Å²) in [4.78, 5) is 0. The van der Waals surface area contributed by atoms with Crippen LogP contribution in [-0.4, -0.2) is 5.84 Å². The Balaban J connectivity index is 3.00. The van der Waals surface area contributed by atoms with Crippen LogP contribution in [0.25, 0.3) is 0 Å². The van der Waals surface area contributed by atoms with Gasteiger partial charge in [0.25, 0.3) is 0 Å². The lowest BCUT2D eigenvalue weighted by Gasteiger charge is -1.99. The van der Waals surface area contributed by atoms with Crippen molar-refractivity contribution in [2.24, 2.45) is 5.73 Å². The molecule has 0 atom stereocenters. The lowest BCUT2D eigenvalue weighted by Crippen LogP contribution is -2.10. The van der Waals surface area contributed by atoms with Crippen LogP contribution in [0, 0.1) is 5.41 Å². The van der Waals surface area contributed by atoms with E-state index < -0.39 is 17.8 Å². The van der Waals surface area contributed by atoms with Crippen LogP contribution in [0.3, 0.4) is 0 Å². The third-order valence-electron chi connectivity index (χ3n) is 1.15. The van der Waals surface area contributed by atoms with Crippen molar-refractivity contribution < 1.29 is 17.6 Å². The van der Waals surface area contributed by atoms with Gasteiger partial charge in [-0.2, -0.15) is 13.2 Å². The number of furan rings is 1. The second kappa shape index (κ2) is 2.54. The molecule has 0 aliphatic rings. The van der Waals surface area contributed by atoms with Gasteiger partial charge in [0.05, 0.1) is 0 Å². The molecule has 1 aromatic rings. The van der Waals surface area contributed by atoms with Crippen LogP contribution in [0.5, 0.6) is 0 Å². The molecule has 1 heterocycles. The van der Waals surface area contributed by atoms with Crippen molar-refractivity contribution in [3.05, 3.63) is 23.7 Å². The van der Waals surface area contributed by atoms with Crippen LogP contribution in [0.15, 0.2) is 16.5 Å². The summed E-state index contributed by atoms with van der Waals surface area (Å²) < 4.78 is 39.8. The van der Waals surface area contributed by atoms with Gasteiger partial charge in [0.15, 0.2) is 11.6 Å². The molecular weight excluding hydrogens is 173 g/mol. The van der Waals surface area contributed by atoms with Crippen molar-refractivity contribution in [2.45, 2.75) is 6.18 Å². The average molecular weight is 178 g/mol. The fraction of sp³-hybridized carbons (Fsp3) is 0.167. The van der Waals surface area contributed by atoms with Gasteiger partial charge in [-0.3, -0.25) is 5.41 Å². The van der Waals surface area contributed by atoms with Gasteiger partial charge in [0.2, 0.25) is 5.76 Å². The van der Waals surface area contributed by atoms with E-state index in [1.807, 2.05) is 0 Å². The molecule has 0 aromatic carbocycles. The van der Waals surface area contributed by atoms with E-state index in [1.54, 1.807) is 0 Å². The molecule has 0 saturated carbocycles. The molecule has 0 unspecified atom stereocenters. The van der Waals surface area contributed by atoms with E-state index in [9.17, 15) is 13.2 Å². The fourth-order valence-corrected chi connectivity index (χ4v) is 0.635. The zero-order valence-electron chi connectivity index (χ0n) is 5.77. The summed E-state index contributed by atoms with van der Waals surface area (Å²) in [6, 6.07) is 1.74. The van der Waals surface area contributed by atoms with Gasteiger partial charge in [-0.15, -0.1) is 0 Å². The molecule has 3 N–H and O–H groups in total. The minimum atomic E-state index is -4.52. The SMILES string of the molecule is N=C(N)c1ccc(C(F)(F)F)o1. The number of nitrogens with two attached hydrogens (primary N) is 1. The van der Waals surface area contributed by atoms with Gasteiger partial charge in [-0.25, -0.2) is 0 Å². The average Bonchev–Trinajstić information content (AvgIpc) is 2.30. The highest BCUT2D eigenvalue weighted by Crippen LogP contribution is 2.30. The maximum absolute atomic E-state index is 11.9. The first-order chi connectivity index (χ1) is 5.41. The van der Waals surface area contributed by atoms with Crippen LogP contribution >= 0.6 is 0 Å². The molecule has 0 aliphatic heterocycles. The number of rotatable bonds is 1. The highest BCUT2D eigenvalue weighted by Gasteiger charge is 2.34. The van der Waals surface area contributed by atoms with E-state index in [2.05, 4.69) is 4.42 Å². The summed E-state index contributed by atoms with van der Waals surface area (Å²) in [5, 5.41) is 6.77. The smallest absolute Gasteiger partial charge is 0.448 e. The van der Waals surface area contributed by atoms with Crippen molar-refractivity contribution in [3.63, 3.8) is 0 Å². The Bertz CT molecular complexity index is 302. The van der Waals surface area contributed by atoms with E-state index in [1.165, 1.54) is 0 Å². The number of hydrogen-bond acceptors (Lipinski definition) is 2. The van der Waals surface area contributed by atoms with Crippen molar-refractivity contribution in [2.75, 3.05) is 0 Å². The van der Waals surface area contributed by atoms with E-state index in [4.69, 9.17) is 11.1 Å².